The van der Waals surface area contributed by atoms with E-state index in [0.29, 0.717) is 5.11 Å². The maximum atomic E-state index is 5.36. The van der Waals surface area contributed by atoms with Gasteiger partial charge >= 0.3 is 0 Å². The van der Waals surface area contributed by atoms with Crippen LogP contribution in [-0.4, -0.2) is 14.9 Å². The Morgan fingerprint density at radius 1 is 1.04 bits per heavy atom. The van der Waals surface area contributed by atoms with E-state index < -0.39 is 0 Å². The van der Waals surface area contributed by atoms with Gasteiger partial charge in [-0.15, -0.1) is 0 Å². The number of nitrogens with zero attached hydrogens (tertiary/aromatic N) is 2. The van der Waals surface area contributed by atoms with Gasteiger partial charge in [0.15, 0.2) is 5.11 Å². The van der Waals surface area contributed by atoms with E-state index in [2.05, 4.69) is 27.9 Å². The Morgan fingerprint density at radius 3 is 2.57 bits per heavy atom. The van der Waals surface area contributed by atoms with Gasteiger partial charge in [0, 0.05) is 11.9 Å². The van der Waals surface area contributed by atoms with Crippen LogP contribution >= 0.6 is 12.2 Å². The summed E-state index contributed by atoms with van der Waals surface area (Å²) in [5, 5.41) is 11.3. The van der Waals surface area contributed by atoms with Gasteiger partial charge in [-0.1, -0.05) is 48.5 Å². The van der Waals surface area contributed by atoms with Gasteiger partial charge in [0.25, 0.3) is 0 Å². The van der Waals surface area contributed by atoms with E-state index in [4.69, 9.17) is 12.2 Å². The second-order valence-corrected chi connectivity index (χ2v) is 5.71. The van der Waals surface area contributed by atoms with E-state index >= 15 is 0 Å². The number of nitrogens with one attached hydrogen (secondary N) is 2. The largest absolute Gasteiger partial charge is 0.332 e. The minimum atomic E-state index is 0.554. The Kier molecular flexibility index (Phi) is 4.68. The molecule has 116 valence electrons. The molecule has 0 radical (unpaired) electrons. The topological polar surface area (TPSA) is 41.9 Å². The molecule has 0 fully saturated rings. The number of thiocarbonyl (C=S) groups is 1. The summed E-state index contributed by atoms with van der Waals surface area (Å²) in [6, 6.07) is 18.3. The highest BCUT2D eigenvalue weighted by Gasteiger charge is 2.04. The third-order valence-corrected chi connectivity index (χ3v) is 3.68. The Morgan fingerprint density at radius 2 is 1.78 bits per heavy atom. The van der Waals surface area contributed by atoms with Crippen LogP contribution in [-0.2, 0) is 6.54 Å². The summed E-state index contributed by atoms with van der Waals surface area (Å²) in [5.41, 5.74) is 4.23. The standard InChI is InChI=1S/C18H18N4S/c1-14-7-5-6-10-17(14)21-18(23)20-16-11-19-22(13-16)12-15-8-3-2-4-9-15/h2-11,13H,12H2,1H3,(H2,20,21,23). The fourth-order valence-corrected chi connectivity index (χ4v) is 2.51. The molecule has 0 saturated heterocycles. The van der Waals surface area contributed by atoms with E-state index in [9.17, 15) is 0 Å². The number of benzene rings is 2. The second-order valence-electron chi connectivity index (χ2n) is 5.31. The summed E-state index contributed by atoms with van der Waals surface area (Å²) in [6.45, 7) is 2.78. The van der Waals surface area contributed by atoms with Gasteiger partial charge < -0.3 is 10.6 Å². The van der Waals surface area contributed by atoms with Crippen molar-refractivity contribution in [2.75, 3.05) is 10.6 Å². The lowest BCUT2D eigenvalue weighted by atomic mass is 10.2. The third-order valence-electron chi connectivity index (χ3n) is 3.47. The quantitative estimate of drug-likeness (QED) is 0.711. The molecule has 0 aliphatic heterocycles. The van der Waals surface area contributed by atoms with E-state index in [1.807, 2.05) is 60.3 Å². The zero-order chi connectivity index (χ0) is 16.1. The lowest BCUT2D eigenvalue weighted by Crippen LogP contribution is -2.19. The van der Waals surface area contributed by atoms with Gasteiger partial charge in [0.2, 0.25) is 0 Å². The van der Waals surface area contributed by atoms with Crippen LogP contribution in [0.2, 0.25) is 0 Å². The molecule has 1 heterocycles. The molecule has 0 atom stereocenters. The summed E-state index contributed by atoms with van der Waals surface area (Å²) in [5.74, 6) is 0. The molecule has 0 aliphatic carbocycles. The first-order valence-electron chi connectivity index (χ1n) is 7.41. The molecule has 2 aromatic carbocycles. The highest BCUT2D eigenvalue weighted by atomic mass is 32.1. The third kappa shape index (κ3) is 4.17. The van der Waals surface area contributed by atoms with Crippen molar-refractivity contribution in [1.82, 2.24) is 9.78 Å². The fourth-order valence-electron chi connectivity index (χ4n) is 2.28. The molecule has 0 unspecified atom stereocenters. The number of para-hydroxylation sites is 1. The molecule has 1 aromatic heterocycles. The summed E-state index contributed by atoms with van der Waals surface area (Å²) >= 11 is 5.36. The minimum absolute atomic E-state index is 0.554. The van der Waals surface area contributed by atoms with Crippen LogP contribution in [0.1, 0.15) is 11.1 Å². The van der Waals surface area contributed by atoms with Crippen LogP contribution in [0, 0.1) is 6.92 Å². The van der Waals surface area contributed by atoms with Gasteiger partial charge in [0.05, 0.1) is 18.4 Å². The average molecular weight is 322 g/mol. The first-order chi connectivity index (χ1) is 11.2. The number of anilines is 2. The molecule has 3 rings (SSSR count). The van der Waals surface area contributed by atoms with Crippen LogP contribution in [0.3, 0.4) is 0 Å². The predicted molar refractivity (Wildman–Crippen MR) is 98.8 cm³/mol. The summed E-state index contributed by atoms with van der Waals surface area (Å²) in [6.07, 6.45) is 3.72. The molecule has 2 N–H and O–H groups in total. The van der Waals surface area contributed by atoms with E-state index in [-0.39, 0.29) is 0 Å². The van der Waals surface area contributed by atoms with Gasteiger partial charge in [0.1, 0.15) is 0 Å². The Balaban J connectivity index is 1.60. The smallest absolute Gasteiger partial charge is 0.175 e. The normalized spacial score (nSPS) is 10.3. The maximum absolute atomic E-state index is 5.36. The zero-order valence-corrected chi connectivity index (χ0v) is 13.7. The maximum Gasteiger partial charge on any atom is 0.175 e. The van der Waals surface area contributed by atoms with Crippen molar-refractivity contribution in [2.45, 2.75) is 13.5 Å². The molecule has 23 heavy (non-hydrogen) atoms. The van der Waals surface area contributed by atoms with Gasteiger partial charge in [-0.25, -0.2) is 0 Å². The fraction of sp³-hybridized carbons (Fsp3) is 0.111. The Labute approximate surface area is 141 Å². The van der Waals surface area contributed by atoms with Gasteiger partial charge in [-0.05, 0) is 36.3 Å². The highest BCUT2D eigenvalue weighted by Crippen LogP contribution is 2.14. The monoisotopic (exact) mass is 322 g/mol. The van der Waals surface area contributed by atoms with Gasteiger partial charge in [-0.3, -0.25) is 4.68 Å². The molecular weight excluding hydrogens is 304 g/mol. The SMILES string of the molecule is Cc1ccccc1NC(=S)Nc1cnn(Cc2ccccc2)c1. The second kappa shape index (κ2) is 7.07. The summed E-state index contributed by atoms with van der Waals surface area (Å²) < 4.78 is 1.88. The van der Waals surface area contributed by atoms with Crippen molar-refractivity contribution in [1.29, 1.82) is 0 Å². The Bertz CT molecular complexity index is 796. The molecule has 0 aliphatic rings. The van der Waals surface area contributed by atoms with Crippen molar-refractivity contribution >= 4 is 28.7 Å². The number of hydrogen-bond acceptors (Lipinski definition) is 2. The summed E-state index contributed by atoms with van der Waals surface area (Å²) in [7, 11) is 0. The van der Waals surface area contributed by atoms with Crippen LogP contribution < -0.4 is 10.6 Å². The molecule has 0 bridgehead atoms. The van der Waals surface area contributed by atoms with E-state index in [1.165, 1.54) is 5.56 Å². The Hall–Kier alpha value is -2.66. The van der Waals surface area contributed by atoms with Crippen LogP contribution in [0.4, 0.5) is 11.4 Å². The van der Waals surface area contributed by atoms with Crippen molar-refractivity contribution in [2.24, 2.45) is 0 Å². The van der Waals surface area contributed by atoms with E-state index in [1.54, 1.807) is 6.20 Å². The van der Waals surface area contributed by atoms with Crippen LogP contribution in [0.15, 0.2) is 67.0 Å². The van der Waals surface area contributed by atoms with Crippen LogP contribution in [0.25, 0.3) is 0 Å². The van der Waals surface area contributed by atoms with Gasteiger partial charge in [-0.2, -0.15) is 5.10 Å². The van der Waals surface area contributed by atoms with Crippen molar-refractivity contribution in [3.63, 3.8) is 0 Å². The lowest BCUT2D eigenvalue weighted by molar-refractivity contribution is 0.687. The van der Waals surface area contributed by atoms with Crippen molar-refractivity contribution in [3.8, 4) is 0 Å². The number of aromatic nitrogens is 2. The summed E-state index contributed by atoms with van der Waals surface area (Å²) in [4.78, 5) is 0. The molecule has 0 saturated carbocycles. The average Bonchev–Trinajstić information content (AvgIpc) is 2.97. The van der Waals surface area contributed by atoms with Crippen LogP contribution in [0.5, 0.6) is 0 Å². The van der Waals surface area contributed by atoms with E-state index in [0.717, 1.165) is 23.5 Å². The highest BCUT2D eigenvalue weighted by molar-refractivity contribution is 7.80. The minimum Gasteiger partial charge on any atom is -0.332 e. The predicted octanol–water partition coefficient (Wildman–Crippen LogP) is 4.05. The molecular formula is C18H18N4S. The molecule has 0 amide bonds. The molecule has 4 nitrogen and oxygen atoms in total. The van der Waals surface area contributed by atoms with Crippen molar-refractivity contribution in [3.05, 3.63) is 78.1 Å². The lowest BCUT2D eigenvalue weighted by Gasteiger charge is -2.10. The first-order valence-corrected chi connectivity index (χ1v) is 7.81. The molecule has 5 heteroatoms. The number of hydrogen-bond donors (Lipinski definition) is 2. The molecule has 0 spiro atoms. The van der Waals surface area contributed by atoms with Crippen molar-refractivity contribution < 1.29 is 0 Å². The first kappa shape index (κ1) is 15.2. The molecule has 3 aromatic rings. The number of rotatable bonds is 4. The zero-order valence-electron chi connectivity index (χ0n) is 12.9. The number of aryl methyl sites for hydroxylation is 1.